The number of allylic oxidation sites excluding steroid dienone is 1. The van der Waals surface area contributed by atoms with Gasteiger partial charge in [-0.15, -0.1) is 0 Å². The predicted octanol–water partition coefficient (Wildman–Crippen LogP) is 2.40. The monoisotopic (exact) mass is 377 g/mol. The minimum absolute atomic E-state index is 0.279. The molecule has 2 rings (SSSR count). The zero-order valence-corrected chi connectivity index (χ0v) is 16.1. The molecule has 1 atom stereocenters. The highest BCUT2D eigenvalue weighted by molar-refractivity contribution is 5.95. The summed E-state index contributed by atoms with van der Waals surface area (Å²) in [5.41, 5.74) is 9.08. The van der Waals surface area contributed by atoms with Crippen LogP contribution in [0.3, 0.4) is 0 Å². The number of hydrogen-bond donors (Lipinski definition) is 3. The van der Waals surface area contributed by atoms with Crippen molar-refractivity contribution in [1.82, 2.24) is 15.3 Å². The van der Waals surface area contributed by atoms with Crippen molar-refractivity contribution in [1.29, 1.82) is 5.26 Å². The highest BCUT2D eigenvalue weighted by Gasteiger charge is 2.12. The molecule has 0 aliphatic rings. The molecule has 0 radical (unpaired) electrons. The molecule has 1 heterocycles. The number of nitrogens with one attached hydrogen (secondary N) is 2. The van der Waals surface area contributed by atoms with Gasteiger partial charge in [-0.05, 0) is 31.0 Å². The molecular formula is C20H23N7O. The van der Waals surface area contributed by atoms with Crippen molar-refractivity contribution in [3.63, 3.8) is 0 Å². The number of amides is 1. The SMILES string of the molecule is CC[C@@H](C#N)NC(=O)c1ccc(-c2nc(N/C(C=NC)=C/N)ncc2C)cc1. The van der Waals surface area contributed by atoms with Crippen LogP contribution in [0, 0.1) is 18.3 Å². The first-order chi connectivity index (χ1) is 13.5. The highest BCUT2D eigenvalue weighted by atomic mass is 16.1. The first-order valence-electron chi connectivity index (χ1n) is 8.78. The Balaban J connectivity index is 2.24. The maximum Gasteiger partial charge on any atom is 0.252 e. The van der Waals surface area contributed by atoms with Gasteiger partial charge in [0.25, 0.3) is 5.91 Å². The summed E-state index contributed by atoms with van der Waals surface area (Å²) in [6.45, 7) is 3.75. The van der Waals surface area contributed by atoms with Crippen molar-refractivity contribution in [3.8, 4) is 17.3 Å². The molecule has 0 saturated heterocycles. The molecule has 0 saturated carbocycles. The van der Waals surface area contributed by atoms with E-state index in [0.29, 0.717) is 23.6 Å². The maximum atomic E-state index is 12.2. The molecule has 8 nitrogen and oxygen atoms in total. The number of nitrogens with zero attached hydrogens (tertiary/aromatic N) is 4. The molecule has 4 N–H and O–H groups in total. The number of aliphatic imine (C=N–C) groups is 1. The molecule has 0 spiro atoms. The predicted molar refractivity (Wildman–Crippen MR) is 110 cm³/mol. The largest absolute Gasteiger partial charge is 0.403 e. The van der Waals surface area contributed by atoms with Crippen molar-refractivity contribution < 1.29 is 4.79 Å². The Kier molecular flexibility index (Phi) is 7.22. The minimum atomic E-state index is -0.499. The number of benzene rings is 1. The van der Waals surface area contributed by atoms with Gasteiger partial charge in [-0.2, -0.15) is 5.26 Å². The van der Waals surface area contributed by atoms with Gasteiger partial charge in [0.2, 0.25) is 5.95 Å². The zero-order valence-electron chi connectivity index (χ0n) is 16.1. The van der Waals surface area contributed by atoms with E-state index < -0.39 is 6.04 Å². The Morgan fingerprint density at radius 3 is 2.68 bits per heavy atom. The van der Waals surface area contributed by atoms with Crippen molar-refractivity contribution in [3.05, 3.63) is 53.5 Å². The van der Waals surface area contributed by atoms with Crippen LogP contribution in [0.1, 0.15) is 29.3 Å². The van der Waals surface area contributed by atoms with Gasteiger partial charge in [-0.25, -0.2) is 9.97 Å². The summed E-state index contributed by atoms with van der Waals surface area (Å²) < 4.78 is 0. The lowest BCUT2D eigenvalue weighted by atomic mass is 10.1. The van der Waals surface area contributed by atoms with E-state index in [-0.39, 0.29) is 5.91 Å². The standard InChI is InChI=1S/C20H23N7O/c1-4-16(9-21)25-19(28)15-7-5-14(6-8-15)18-13(2)11-24-20(27-18)26-17(10-22)12-23-3/h5-8,10-12,16H,4,22H2,1-3H3,(H,25,28)(H,24,26,27)/b17-10+,23-12?/t16-/m0/s1. The van der Waals surface area contributed by atoms with Crippen molar-refractivity contribution in [2.75, 3.05) is 12.4 Å². The van der Waals surface area contributed by atoms with E-state index >= 15 is 0 Å². The molecule has 0 unspecified atom stereocenters. The topological polar surface area (TPSA) is 129 Å². The lowest BCUT2D eigenvalue weighted by Gasteiger charge is -2.11. The number of carbonyl (C=O) groups is 1. The van der Waals surface area contributed by atoms with E-state index in [1.54, 1.807) is 31.6 Å². The molecule has 1 amide bonds. The van der Waals surface area contributed by atoms with Gasteiger partial charge >= 0.3 is 0 Å². The first-order valence-corrected chi connectivity index (χ1v) is 8.78. The molecule has 144 valence electrons. The van der Waals surface area contributed by atoms with Crippen LogP contribution in [0.2, 0.25) is 0 Å². The summed E-state index contributed by atoms with van der Waals surface area (Å²) in [4.78, 5) is 24.9. The van der Waals surface area contributed by atoms with Crippen molar-refractivity contribution in [2.45, 2.75) is 26.3 Å². The summed E-state index contributed by atoms with van der Waals surface area (Å²) >= 11 is 0. The van der Waals surface area contributed by atoms with Crippen LogP contribution in [0.25, 0.3) is 11.3 Å². The molecule has 0 bridgehead atoms. The Hall–Kier alpha value is -3.73. The fraction of sp³-hybridized carbons (Fsp3) is 0.250. The Labute approximate surface area is 164 Å². The van der Waals surface area contributed by atoms with Crippen molar-refractivity contribution >= 4 is 18.1 Å². The second-order valence-electron chi connectivity index (χ2n) is 6.00. The van der Waals surface area contributed by atoms with Gasteiger partial charge in [0.15, 0.2) is 0 Å². The molecule has 1 aromatic carbocycles. The van der Waals surface area contributed by atoms with E-state index in [1.165, 1.54) is 6.20 Å². The number of carbonyl (C=O) groups excluding carboxylic acids is 1. The van der Waals surface area contributed by atoms with Crippen LogP contribution in [0.4, 0.5) is 5.95 Å². The van der Waals surface area contributed by atoms with Gasteiger partial charge in [-0.3, -0.25) is 9.79 Å². The summed E-state index contributed by atoms with van der Waals surface area (Å²) in [5.74, 6) is 0.108. The van der Waals surface area contributed by atoms with Gasteiger partial charge in [0, 0.05) is 36.8 Å². The number of anilines is 1. The molecule has 0 fully saturated rings. The average Bonchev–Trinajstić information content (AvgIpc) is 2.72. The fourth-order valence-electron chi connectivity index (χ4n) is 2.43. The quantitative estimate of drug-likeness (QED) is 0.635. The molecule has 0 aliphatic heterocycles. The molecule has 1 aromatic heterocycles. The lowest BCUT2D eigenvalue weighted by Crippen LogP contribution is -2.33. The second-order valence-corrected chi connectivity index (χ2v) is 6.00. The molecular weight excluding hydrogens is 354 g/mol. The lowest BCUT2D eigenvalue weighted by molar-refractivity contribution is 0.0944. The Morgan fingerprint density at radius 1 is 1.39 bits per heavy atom. The Morgan fingerprint density at radius 2 is 2.11 bits per heavy atom. The van der Waals surface area contributed by atoms with Crippen LogP contribution < -0.4 is 16.4 Å². The summed E-state index contributed by atoms with van der Waals surface area (Å²) in [5, 5.41) is 14.7. The average molecular weight is 377 g/mol. The number of hydrogen-bond acceptors (Lipinski definition) is 7. The van der Waals surface area contributed by atoms with Crippen LogP contribution in [0.15, 0.2) is 47.4 Å². The fourth-order valence-corrected chi connectivity index (χ4v) is 2.43. The van der Waals surface area contributed by atoms with Gasteiger partial charge in [0.05, 0.1) is 17.5 Å². The van der Waals surface area contributed by atoms with Crippen LogP contribution in [-0.2, 0) is 0 Å². The number of nitriles is 1. The van der Waals surface area contributed by atoms with Crippen molar-refractivity contribution in [2.24, 2.45) is 10.7 Å². The third-order valence-electron chi connectivity index (χ3n) is 3.97. The van der Waals surface area contributed by atoms with E-state index in [0.717, 1.165) is 16.8 Å². The minimum Gasteiger partial charge on any atom is -0.403 e. The molecule has 8 heteroatoms. The van der Waals surface area contributed by atoms with E-state index in [1.807, 2.05) is 26.0 Å². The smallest absolute Gasteiger partial charge is 0.252 e. The normalized spacial score (nSPS) is 12.4. The third-order valence-corrected chi connectivity index (χ3v) is 3.97. The number of aryl methyl sites for hydroxylation is 1. The van der Waals surface area contributed by atoms with Gasteiger partial charge in [-0.1, -0.05) is 19.1 Å². The van der Waals surface area contributed by atoms with E-state index in [2.05, 4.69) is 31.7 Å². The van der Waals surface area contributed by atoms with E-state index in [9.17, 15) is 4.79 Å². The summed E-state index contributed by atoms with van der Waals surface area (Å²) in [6, 6.07) is 8.60. The number of rotatable bonds is 7. The summed E-state index contributed by atoms with van der Waals surface area (Å²) in [7, 11) is 1.64. The van der Waals surface area contributed by atoms with E-state index in [4.69, 9.17) is 11.0 Å². The van der Waals surface area contributed by atoms with Crippen LogP contribution >= 0.6 is 0 Å². The maximum absolute atomic E-state index is 12.2. The summed E-state index contributed by atoms with van der Waals surface area (Å²) in [6.07, 6.45) is 5.22. The Bertz CT molecular complexity index is 927. The van der Waals surface area contributed by atoms with Crippen LogP contribution in [-0.4, -0.2) is 35.2 Å². The van der Waals surface area contributed by atoms with Gasteiger partial charge in [0.1, 0.15) is 6.04 Å². The molecule has 2 aromatic rings. The first kappa shape index (κ1) is 20.6. The zero-order chi connectivity index (χ0) is 20.5. The molecule has 0 aliphatic carbocycles. The third kappa shape index (κ3) is 5.14. The number of nitrogens with two attached hydrogens (primary N) is 1. The highest BCUT2D eigenvalue weighted by Crippen LogP contribution is 2.22. The van der Waals surface area contributed by atoms with Crippen LogP contribution in [0.5, 0.6) is 0 Å². The molecule has 28 heavy (non-hydrogen) atoms. The second kappa shape index (κ2) is 9.83. The van der Waals surface area contributed by atoms with Gasteiger partial charge < -0.3 is 16.4 Å². The number of aromatic nitrogens is 2.